The lowest BCUT2D eigenvalue weighted by atomic mass is 10.2. The van der Waals surface area contributed by atoms with Crippen LogP contribution in [0.2, 0.25) is 5.02 Å². The van der Waals surface area contributed by atoms with Crippen LogP contribution in [-0.4, -0.2) is 21.4 Å². The Labute approximate surface area is 198 Å². The smallest absolute Gasteiger partial charge is 0.349 e. The molecule has 0 aliphatic rings. The number of thiophene rings is 1. The van der Waals surface area contributed by atoms with Gasteiger partial charge in [-0.05, 0) is 48.7 Å². The minimum Gasteiger partial charge on any atom is -0.457 e. The summed E-state index contributed by atoms with van der Waals surface area (Å²) >= 11 is 7.05. The molecule has 1 amide bonds. The number of benzene rings is 2. The number of hydrogen-bond donors (Lipinski definition) is 1. The molecule has 2 aromatic heterocycles. The number of hydrogen-bond acceptors (Lipinski definition) is 6. The topological polar surface area (TPSA) is 90.3 Å². The largest absolute Gasteiger partial charge is 0.457 e. The molecule has 0 aliphatic carbocycles. The van der Waals surface area contributed by atoms with Crippen molar-refractivity contribution < 1.29 is 14.3 Å². The molecule has 33 heavy (non-hydrogen) atoms. The Hall–Kier alpha value is -3.49. The number of aryl methyl sites for hydroxylation is 2. The number of carbonyl (C=O) groups excluding carboxylic acids is 2. The summed E-state index contributed by atoms with van der Waals surface area (Å²) in [5, 5.41) is 3.66. The molecule has 2 heterocycles. The molecule has 0 bridgehead atoms. The van der Waals surface area contributed by atoms with E-state index < -0.39 is 5.97 Å². The Morgan fingerprint density at radius 3 is 2.64 bits per heavy atom. The molecule has 4 aromatic rings. The summed E-state index contributed by atoms with van der Waals surface area (Å²) in [4.78, 5) is 43.2. The molecule has 0 unspecified atom stereocenters. The molecule has 0 saturated heterocycles. The van der Waals surface area contributed by atoms with Crippen LogP contribution in [0.3, 0.4) is 0 Å². The Morgan fingerprint density at radius 1 is 1.15 bits per heavy atom. The van der Waals surface area contributed by atoms with Crippen molar-refractivity contribution in [2.45, 2.75) is 27.0 Å². The van der Waals surface area contributed by atoms with Crippen molar-refractivity contribution in [3.05, 3.63) is 91.8 Å². The van der Waals surface area contributed by atoms with Gasteiger partial charge in [-0.3, -0.25) is 14.2 Å². The Kier molecular flexibility index (Phi) is 6.57. The minimum atomic E-state index is -0.513. The molecular weight excluding hydrogens is 462 g/mol. The molecule has 0 radical (unpaired) electrons. The molecular formula is C24H20ClN3O4S. The van der Waals surface area contributed by atoms with Gasteiger partial charge in [0.2, 0.25) is 5.91 Å². The number of aromatic nitrogens is 2. The normalized spacial score (nSPS) is 10.9. The number of rotatable bonds is 6. The van der Waals surface area contributed by atoms with Crippen LogP contribution in [0.1, 0.15) is 26.4 Å². The Bertz CT molecular complexity index is 1410. The first-order valence-corrected chi connectivity index (χ1v) is 11.3. The highest BCUT2D eigenvalue weighted by Crippen LogP contribution is 2.28. The van der Waals surface area contributed by atoms with Crippen LogP contribution in [0.4, 0.5) is 5.69 Å². The number of amides is 1. The van der Waals surface area contributed by atoms with Gasteiger partial charge in [0.25, 0.3) is 5.56 Å². The SMILES string of the molecule is Cc1cc(Cl)ccc1NC(=O)Cn1cnc2sc(C(=O)OCc3ccccc3)c(C)c2c1=O. The second kappa shape index (κ2) is 9.56. The van der Waals surface area contributed by atoms with E-state index in [4.69, 9.17) is 16.3 Å². The summed E-state index contributed by atoms with van der Waals surface area (Å²) < 4.78 is 6.63. The highest BCUT2D eigenvalue weighted by molar-refractivity contribution is 7.20. The third kappa shape index (κ3) is 4.97. The van der Waals surface area contributed by atoms with Gasteiger partial charge in [0.15, 0.2) is 0 Å². The average Bonchev–Trinajstić information content (AvgIpc) is 3.14. The van der Waals surface area contributed by atoms with E-state index >= 15 is 0 Å². The van der Waals surface area contributed by atoms with Gasteiger partial charge in [0.05, 0.1) is 11.7 Å². The van der Waals surface area contributed by atoms with E-state index in [1.807, 2.05) is 37.3 Å². The second-order valence-corrected chi connectivity index (χ2v) is 8.92. The fraction of sp³-hybridized carbons (Fsp3) is 0.167. The monoisotopic (exact) mass is 481 g/mol. The van der Waals surface area contributed by atoms with E-state index in [-0.39, 0.29) is 24.6 Å². The third-order valence-corrected chi connectivity index (χ3v) is 6.51. The molecule has 7 nitrogen and oxygen atoms in total. The van der Waals surface area contributed by atoms with E-state index in [0.29, 0.717) is 31.4 Å². The quantitative estimate of drug-likeness (QED) is 0.402. The van der Waals surface area contributed by atoms with Crippen molar-refractivity contribution in [2.75, 3.05) is 5.32 Å². The zero-order valence-corrected chi connectivity index (χ0v) is 19.5. The highest BCUT2D eigenvalue weighted by atomic mass is 35.5. The lowest BCUT2D eigenvalue weighted by molar-refractivity contribution is -0.116. The average molecular weight is 482 g/mol. The lowest BCUT2D eigenvalue weighted by Gasteiger charge is -2.10. The molecule has 0 saturated carbocycles. The van der Waals surface area contributed by atoms with Gasteiger partial charge >= 0.3 is 5.97 Å². The molecule has 0 aliphatic heterocycles. The van der Waals surface area contributed by atoms with Crippen molar-refractivity contribution in [1.29, 1.82) is 0 Å². The zero-order chi connectivity index (χ0) is 23.5. The van der Waals surface area contributed by atoms with Gasteiger partial charge in [-0.15, -0.1) is 11.3 Å². The summed E-state index contributed by atoms with van der Waals surface area (Å²) in [6.45, 7) is 3.43. The van der Waals surface area contributed by atoms with Gasteiger partial charge in [-0.25, -0.2) is 9.78 Å². The van der Waals surface area contributed by atoms with Crippen molar-refractivity contribution in [3.63, 3.8) is 0 Å². The first kappa shape index (κ1) is 22.7. The van der Waals surface area contributed by atoms with Crippen molar-refractivity contribution in [3.8, 4) is 0 Å². The van der Waals surface area contributed by atoms with Crippen LogP contribution in [0.5, 0.6) is 0 Å². The summed E-state index contributed by atoms with van der Waals surface area (Å²) in [5.74, 6) is -0.889. The van der Waals surface area contributed by atoms with Crippen LogP contribution in [0.15, 0.2) is 59.7 Å². The molecule has 168 valence electrons. The van der Waals surface area contributed by atoms with Crippen LogP contribution in [0.25, 0.3) is 10.2 Å². The molecule has 0 fully saturated rings. The second-order valence-electron chi connectivity index (χ2n) is 7.48. The Balaban J connectivity index is 1.53. The number of esters is 1. The van der Waals surface area contributed by atoms with Crippen LogP contribution in [0, 0.1) is 13.8 Å². The highest BCUT2D eigenvalue weighted by Gasteiger charge is 2.21. The number of anilines is 1. The lowest BCUT2D eigenvalue weighted by Crippen LogP contribution is -2.28. The van der Waals surface area contributed by atoms with E-state index in [1.165, 1.54) is 10.9 Å². The van der Waals surface area contributed by atoms with Crippen molar-refractivity contribution in [2.24, 2.45) is 0 Å². The number of ether oxygens (including phenoxy) is 1. The third-order valence-electron chi connectivity index (χ3n) is 5.09. The molecule has 4 rings (SSSR count). The van der Waals surface area contributed by atoms with Gasteiger partial charge in [-0.2, -0.15) is 0 Å². The molecule has 0 spiro atoms. The van der Waals surface area contributed by atoms with Crippen molar-refractivity contribution >= 4 is 50.7 Å². The number of carbonyl (C=O) groups is 2. The van der Waals surface area contributed by atoms with Gasteiger partial charge < -0.3 is 10.1 Å². The minimum absolute atomic E-state index is 0.134. The maximum absolute atomic E-state index is 13.0. The van der Waals surface area contributed by atoms with E-state index in [9.17, 15) is 14.4 Å². The first-order chi connectivity index (χ1) is 15.8. The fourth-order valence-electron chi connectivity index (χ4n) is 3.37. The predicted molar refractivity (Wildman–Crippen MR) is 129 cm³/mol. The van der Waals surface area contributed by atoms with E-state index in [2.05, 4.69) is 10.3 Å². The maximum Gasteiger partial charge on any atom is 0.349 e. The number of fused-ring (bicyclic) bond motifs is 1. The van der Waals surface area contributed by atoms with Crippen LogP contribution in [-0.2, 0) is 22.7 Å². The Morgan fingerprint density at radius 2 is 1.91 bits per heavy atom. The van der Waals surface area contributed by atoms with E-state index in [0.717, 1.165) is 22.5 Å². The molecule has 0 atom stereocenters. The summed E-state index contributed by atoms with van der Waals surface area (Å²) in [5.41, 5.74) is 2.39. The first-order valence-electron chi connectivity index (χ1n) is 10.1. The molecule has 2 aromatic carbocycles. The molecule has 1 N–H and O–H groups in total. The number of halogens is 1. The van der Waals surface area contributed by atoms with Crippen LogP contribution >= 0.6 is 22.9 Å². The number of nitrogens with one attached hydrogen (secondary N) is 1. The number of nitrogens with zero attached hydrogens (tertiary/aromatic N) is 2. The van der Waals surface area contributed by atoms with Gasteiger partial charge in [-0.1, -0.05) is 41.9 Å². The van der Waals surface area contributed by atoms with Crippen LogP contribution < -0.4 is 10.9 Å². The maximum atomic E-state index is 13.0. The summed E-state index contributed by atoms with van der Waals surface area (Å²) in [6, 6.07) is 14.5. The van der Waals surface area contributed by atoms with E-state index in [1.54, 1.807) is 25.1 Å². The van der Waals surface area contributed by atoms with Crippen molar-refractivity contribution in [1.82, 2.24) is 9.55 Å². The zero-order valence-electron chi connectivity index (χ0n) is 17.9. The molecule has 9 heteroatoms. The van der Waals surface area contributed by atoms with Gasteiger partial charge in [0.1, 0.15) is 22.9 Å². The van der Waals surface area contributed by atoms with Gasteiger partial charge in [0, 0.05) is 10.7 Å². The summed E-state index contributed by atoms with van der Waals surface area (Å²) in [7, 11) is 0. The summed E-state index contributed by atoms with van der Waals surface area (Å²) in [6.07, 6.45) is 1.31. The fourth-order valence-corrected chi connectivity index (χ4v) is 4.63. The standard InChI is InChI=1S/C24H20ClN3O4S/c1-14-10-17(25)8-9-18(14)27-19(29)11-28-13-26-22-20(23(28)30)15(2)21(33-22)24(31)32-12-16-6-4-3-5-7-16/h3-10,13H,11-12H2,1-2H3,(H,27,29). The predicted octanol–water partition coefficient (Wildman–Crippen LogP) is 4.72.